The lowest BCUT2D eigenvalue weighted by Gasteiger charge is -2.16. The molecule has 2 rings (SSSR count). The molecule has 0 saturated heterocycles. The van der Waals surface area contributed by atoms with Gasteiger partial charge in [-0.3, -0.25) is 4.79 Å². The van der Waals surface area contributed by atoms with E-state index >= 15 is 0 Å². The number of hydrogen-bond donors (Lipinski definition) is 0. The molecule has 0 bridgehead atoms. The second-order valence-corrected chi connectivity index (χ2v) is 7.08. The monoisotopic (exact) mass is 324 g/mol. The number of carbonyl (C=O) groups excluding carboxylic acids is 1. The van der Waals surface area contributed by atoms with E-state index in [0.717, 1.165) is 28.6 Å². The largest absolute Gasteiger partial charge is 0.385 e. The molecule has 0 aliphatic heterocycles. The van der Waals surface area contributed by atoms with Crippen molar-refractivity contribution in [3.63, 3.8) is 0 Å². The summed E-state index contributed by atoms with van der Waals surface area (Å²) in [5.41, 5.74) is 1.04. The Hall–Kier alpha value is -1.11. The first-order valence-corrected chi connectivity index (χ1v) is 8.72. The molecule has 0 N–H and O–H groups in total. The highest BCUT2D eigenvalue weighted by Crippen LogP contribution is 2.29. The highest BCUT2D eigenvalue weighted by atomic mass is 32.2. The van der Waals surface area contributed by atoms with E-state index in [4.69, 9.17) is 4.74 Å². The Bertz CT molecular complexity index is 553. The summed E-state index contributed by atoms with van der Waals surface area (Å²) in [6.45, 7) is 1.44. The molecule has 1 aromatic heterocycles. The van der Waals surface area contributed by atoms with Gasteiger partial charge in [-0.15, -0.1) is 11.3 Å². The van der Waals surface area contributed by atoms with E-state index in [1.807, 2.05) is 25.2 Å². The van der Waals surface area contributed by atoms with Gasteiger partial charge in [0.1, 0.15) is 0 Å². The van der Waals surface area contributed by atoms with Crippen LogP contribution in [0, 0.1) is 0 Å². The number of ether oxygens (including phenoxy) is 1. The summed E-state index contributed by atoms with van der Waals surface area (Å²) >= 11 is 3.34. The van der Waals surface area contributed by atoms with Crippen molar-refractivity contribution in [1.82, 2.24) is 9.88 Å². The van der Waals surface area contributed by atoms with Gasteiger partial charge in [-0.2, -0.15) is 0 Å². The Morgan fingerprint density at radius 3 is 3.00 bits per heavy atom. The molecule has 6 heteroatoms. The second kappa shape index (κ2) is 8.36. The Morgan fingerprint density at radius 2 is 2.24 bits per heavy atom. The number of para-hydroxylation sites is 1. The molecule has 0 fully saturated rings. The molecule has 0 atom stereocenters. The lowest BCUT2D eigenvalue weighted by atomic mass is 10.3. The second-order valence-electron chi connectivity index (χ2n) is 4.71. The third-order valence-electron chi connectivity index (χ3n) is 3.08. The van der Waals surface area contributed by atoms with Gasteiger partial charge in [0, 0.05) is 39.5 Å². The van der Waals surface area contributed by atoms with Crippen molar-refractivity contribution in [2.75, 3.05) is 33.1 Å². The number of methoxy groups -OCH3 is 1. The van der Waals surface area contributed by atoms with Crippen molar-refractivity contribution in [2.24, 2.45) is 0 Å². The quantitative estimate of drug-likeness (QED) is 0.552. The maximum Gasteiger partial charge on any atom is 0.223 e. The lowest BCUT2D eigenvalue weighted by molar-refractivity contribution is -0.129. The van der Waals surface area contributed by atoms with Crippen LogP contribution >= 0.6 is 23.1 Å². The van der Waals surface area contributed by atoms with Crippen LogP contribution in [0.5, 0.6) is 0 Å². The summed E-state index contributed by atoms with van der Waals surface area (Å²) in [5, 5.41) is 0. The zero-order valence-electron chi connectivity index (χ0n) is 12.4. The maximum atomic E-state index is 12.0. The van der Waals surface area contributed by atoms with Crippen molar-refractivity contribution in [3.05, 3.63) is 24.3 Å². The molecule has 1 amide bonds. The molecule has 2 aromatic rings. The maximum absolute atomic E-state index is 12.0. The normalized spacial score (nSPS) is 11.0. The Balaban J connectivity index is 1.74. The van der Waals surface area contributed by atoms with Crippen molar-refractivity contribution in [1.29, 1.82) is 0 Å². The van der Waals surface area contributed by atoms with Crippen molar-refractivity contribution in [3.8, 4) is 0 Å². The molecule has 21 heavy (non-hydrogen) atoms. The summed E-state index contributed by atoms with van der Waals surface area (Å²) in [6.07, 6.45) is 1.42. The van der Waals surface area contributed by atoms with Crippen LogP contribution in [-0.4, -0.2) is 48.9 Å². The van der Waals surface area contributed by atoms with E-state index in [0.29, 0.717) is 13.0 Å². The van der Waals surface area contributed by atoms with Crippen LogP contribution in [0.1, 0.15) is 12.8 Å². The Kier molecular flexibility index (Phi) is 6.48. The van der Waals surface area contributed by atoms with E-state index in [1.54, 1.807) is 35.1 Å². The van der Waals surface area contributed by atoms with E-state index < -0.39 is 0 Å². The number of aromatic nitrogens is 1. The third-order valence-corrected chi connectivity index (χ3v) is 5.26. The van der Waals surface area contributed by atoms with Crippen LogP contribution in [0.15, 0.2) is 28.6 Å². The van der Waals surface area contributed by atoms with Crippen LogP contribution in [0.3, 0.4) is 0 Å². The molecule has 0 spiro atoms. The highest BCUT2D eigenvalue weighted by molar-refractivity contribution is 8.01. The Labute approximate surface area is 133 Å². The first-order valence-electron chi connectivity index (χ1n) is 6.92. The van der Waals surface area contributed by atoms with E-state index in [1.165, 1.54) is 4.70 Å². The molecule has 114 valence electrons. The zero-order chi connectivity index (χ0) is 15.1. The number of hydrogen-bond acceptors (Lipinski definition) is 5. The highest BCUT2D eigenvalue weighted by Gasteiger charge is 2.09. The van der Waals surface area contributed by atoms with Gasteiger partial charge in [0.05, 0.1) is 10.2 Å². The molecular weight excluding hydrogens is 304 g/mol. The number of amides is 1. The Morgan fingerprint density at radius 1 is 1.43 bits per heavy atom. The van der Waals surface area contributed by atoms with Crippen LogP contribution in [0.25, 0.3) is 10.2 Å². The summed E-state index contributed by atoms with van der Waals surface area (Å²) in [7, 11) is 3.52. The fourth-order valence-corrected chi connectivity index (χ4v) is 3.97. The topological polar surface area (TPSA) is 42.4 Å². The molecule has 0 saturated carbocycles. The number of nitrogens with zero attached hydrogens (tertiary/aromatic N) is 2. The van der Waals surface area contributed by atoms with Crippen LogP contribution in [-0.2, 0) is 9.53 Å². The lowest BCUT2D eigenvalue weighted by Crippen LogP contribution is -2.28. The summed E-state index contributed by atoms with van der Waals surface area (Å²) in [4.78, 5) is 18.3. The number of thiazole rings is 1. The van der Waals surface area contributed by atoms with Crippen LogP contribution in [0.4, 0.5) is 0 Å². The van der Waals surface area contributed by atoms with Gasteiger partial charge >= 0.3 is 0 Å². The molecule has 1 aromatic carbocycles. The number of fused-ring (bicyclic) bond motifs is 1. The first-order chi connectivity index (χ1) is 10.2. The number of thioether (sulfide) groups is 1. The molecule has 0 unspecified atom stereocenters. The fourth-order valence-electron chi connectivity index (χ4n) is 1.90. The number of carbonyl (C=O) groups is 1. The molecule has 0 radical (unpaired) electrons. The molecule has 0 aliphatic carbocycles. The van der Waals surface area contributed by atoms with Crippen LogP contribution < -0.4 is 0 Å². The van der Waals surface area contributed by atoms with Gasteiger partial charge in [-0.05, 0) is 18.6 Å². The molecule has 4 nitrogen and oxygen atoms in total. The summed E-state index contributed by atoms with van der Waals surface area (Å²) < 4.78 is 7.22. The van der Waals surface area contributed by atoms with Gasteiger partial charge in [0.15, 0.2) is 4.34 Å². The van der Waals surface area contributed by atoms with Crippen LogP contribution in [0.2, 0.25) is 0 Å². The summed E-state index contributed by atoms with van der Waals surface area (Å²) in [6, 6.07) is 8.11. The average molecular weight is 324 g/mol. The predicted octanol–water partition coefficient (Wildman–Crippen LogP) is 3.27. The van der Waals surface area contributed by atoms with E-state index in [-0.39, 0.29) is 5.91 Å². The molecular formula is C15H20N2O2S2. The molecule has 0 aliphatic rings. The van der Waals surface area contributed by atoms with Gasteiger partial charge in [-0.25, -0.2) is 4.98 Å². The van der Waals surface area contributed by atoms with Gasteiger partial charge < -0.3 is 9.64 Å². The molecule has 1 heterocycles. The van der Waals surface area contributed by atoms with Crippen molar-refractivity contribution in [2.45, 2.75) is 17.2 Å². The average Bonchev–Trinajstić information content (AvgIpc) is 2.89. The van der Waals surface area contributed by atoms with Gasteiger partial charge in [0.25, 0.3) is 0 Å². The van der Waals surface area contributed by atoms with E-state index in [9.17, 15) is 4.79 Å². The zero-order valence-corrected chi connectivity index (χ0v) is 14.0. The van der Waals surface area contributed by atoms with Crippen molar-refractivity contribution >= 4 is 39.2 Å². The fraction of sp³-hybridized carbons (Fsp3) is 0.467. The van der Waals surface area contributed by atoms with Crippen molar-refractivity contribution < 1.29 is 9.53 Å². The third kappa shape index (κ3) is 4.98. The number of benzene rings is 1. The number of rotatable bonds is 8. The predicted molar refractivity (Wildman–Crippen MR) is 89.1 cm³/mol. The minimum atomic E-state index is 0.180. The smallest absolute Gasteiger partial charge is 0.223 e. The van der Waals surface area contributed by atoms with E-state index in [2.05, 4.69) is 11.1 Å². The SMILES string of the molecule is COCCCN(C)C(=O)CCSc1nc2ccccc2s1. The minimum Gasteiger partial charge on any atom is -0.385 e. The van der Waals surface area contributed by atoms with Gasteiger partial charge in [0.2, 0.25) is 5.91 Å². The first kappa shape index (κ1) is 16.3. The standard InChI is InChI=1S/C15H20N2O2S2/c1-17(9-5-10-19-2)14(18)8-11-20-15-16-12-6-3-4-7-13(12)21-15/h3-4,6-7H,5,8-11H2,1-2H3. The minimum absolute atomic E-state index is 0.180. The summed E-state index contributed by atoms with van der Waals surface area (Å²) in [5.74, 6) is 0.951. The van der Waals surface area contributed by atoms with Gasteiger partial charge in [-0.1, -0.05) is 23.9 Å².